The number of carboxylic acid groups (broad SMARTS) is 1. The summed E-state index contributed by atoms with van der Waals surface area (Å²) in [7, 11) is 0. The lowest BCUT2D eigenvalue weighted by Gasteiger charge is -2.19. The molecule has 0 saturated heterocycles. The van der Waals surface area contributed by atoms with Crippen molar-refractivity contribution >= 4 is 11.9 Å². The van der Waals surface area contributed by atoms with Crippen LogP contribution in [0.2, 0.25) is 0 Å². The lowest BCUT2D eigenvalue weighted by atomic mass is 10.2. The Balaban J connectivity index is 2.94. The number of halogens is 2. The molecule has 0 fully saturated rings. The van der Waals surface area contributed by atoms with E-state index in [-0.39, 0.29) is 17.8 Å². The Kier molecular flexibility index (Phi) is 4.70. The normalized spacial score (nSPS) is 10.4. The lowest BCUT2D eigenvalue weighted by molar-refractivity contribution is 0.0564. The SMILES string of the molecule is CCN(CC(F)F)C(=O)c1cc(C(=O)O)ccn1. The predicted molar refractivity (Wildman–Crippen MR) is 58.8 cm³/mol. The number of alkyl halides is 2. The number of hydrogen-bond donors (Lipinski definition) is 1. The minimum absolute atomic E-state index is 0.0994. The van der Waals surface area contributed by atoms with Crippen LogP contribution in [0, 0.1) is 0 Å². The van der Waals surface area contributed by atoms with Crippen molar-refractivity contribution in [2.75, 3.05) is 13.1 Å². The van der Waals surface area contributed by atoms with Crippen molar-refractivity contribution in [3.05, 3.63) is 29.6 Å². The molecule has 5 nitrogen and oxygen atoms in total. The molecular weight excluding hydrogens is 246 g/mol. The topological polar surface area (TPSA) is 70.5 Å². The Morgan fingerprint density at radius 1 is 1.50 bits per heavy atom. The molecule has 1 N–H and O–H groups in total. The van der Waals surface area contributed by atoms with E-state index in [9.17, 15) is 18.4 Å². The average molecular weight is 258 g/mol. The van der Waals surface area contributed by atoms with Crippen molar-refractivity contribution in [2.24, 2.45) is 0 Å². The van der Waals surface area contributed by atoms with Crippen LogP contribution in [0.25, 0.3) is 0 Å². The van der Waals surface area contributed by atoms with Gasteiger partial charge in [0.2, 0.25) is 0 Å². The van der Waals surface area contributed by atoms with Crippen molar-refractivity contribution < 1.29 is 23.5 Å². The standard InChI is InChI=1S/C11H12F2N2O3/c1-2-15(6-9(12)13)10(16)8-5-7(11(17)18)3-4-14-8/h3-5,9H,2,6H2,1H3,(H,17,18). The van der Waals surface area contributed by atoms with E-state index in [1.54, 1.807) is 6.92 Å². The molecule has 0 bridgehead atoms. The van der Waals surface area contributed by atoms with E-state index in [0.717, 1.165) is 17.2 Å². The number of carbonyl (C=O) groups is 2. The number of pyridine rings is 1. The maximum Gasteiger partial charge on any atom is 0.335 e. The smallest absolute Gasteiger partial charge is 0.335 e. The Labute approximate surface area is 102 Å². The first-order valence-electron chi connectivity index (χ1n) is 5.22. The second-order valence-corrected chi connectivity index (χ2v) is 3.47. The van der Waals surface area contributed by atoms with Gasteiger partial charge in [0, 0.05) is 12.7 Å². The molecule has 0 spiro atoms. The molecule has 1 aromatic heterocycles. The van der Waals surface area contributed by atoms with E-state index in [0.29, 0.717) is 0 Å². The summed E-state index contributed by atoms with van der Waals surface area (Å²) in [4.78, 5) is 27.2. The summed E-state index contributed by atoms with van der Waals surface area (Å²) in [5.41, 5.74) is -0.265. The molecule has 18 heavy (non-hydrogen) atoms. The Morgan fingerprint density at radius 2 is 2.17 bits per heavy atom. The molecule has 0 atom stereocenters. The molecule has 7 heteroatoms. The van der Waals surface area contributed by atoms with Crippen LogP contribution in [0.3, 0.4) is 0 Å². The van der Waals surface area contributed by atoms with Gasteiger partial charge in [0.15, 0.2) is 0 Å². The van der Waals surface area contributed by atoms with Gasteiger partial charge in [-0.25, -0.2) is 13.6 Å². The maximum atomic E-state index is 12.2. The molecule has 1 heterocycles. The Hall–Kier alpha value is -2.05. The van der Waals surface area contributed by atoms with Crippen molar-refractivity contribution in [3.8, 4) is 0 Å². The maximum absolute atomic E-state index is 12.2. The van der Waals surface area contributed by atoms with Crippen LogP contribution in [-0.2, 0) is 0 Å². The van der Waals surface area contributed by atoms with Gasteiger partial charge in [-0.15, -0.1) is 0 Å². The van der Waals surface area contributed by atoms with Gasteiger partial charge >= 0.3 is 5.97 Å². The predicted octanol–water partition coefficient (Wildman–Crippen LogP) is 1.51. The molecule has 0 unspecified atom stereocenters. The fraction of sp³-hybridized carbons (Fsp3) is 0.364. The summed E-state index contributed by atoms with van der Waals surface area (Å²) in [5.74, 6) is -1.91. The third-order valence-corrected chi connectivity index (χ3v) is 2.25. The van der Waals surface area contributed by atoms with Gasteiger partial charge in [0.1, 0.15) is 5.69 Å². The number of nitrogens with zero attached hydrogens (tertiary/aromatic N) is 2. The fourth-order valence-corrected chi connectivity index (χ4v) is 1.36. The first-order chi connectivity index (χ1) is 8.45. The number of carboxylic acids is 1. The van der Waals surface area contributed by atoms with Crippen LogP contribution in [0.1, 0.15) is 27.8 Å². The molecule has 0 aliphatic rings. The second kappa shape index (κ2) is 6.04. The van der Waals surface area contributed by atoms with E-state index < -0.39 is 24.8 Å². The number of aromatic nitrogens is 1. The highest BCUT2D eigenvalue weighted by molar-refractivity contribution is 5.95. The third kappa shape index (κ3) is 3.47. The van der Waals surface area contributed by atoms with E-state index in [4.69, 9.17) is 5.11 Å². The van der Waals surface area contributed by atoms with E-state index in [1.807, 2.05) is 0 Å². The van der Waals surface area contributed by atoms with Crippen LogP contribution < -0.4 is 0 Å². The summed E-state index contributed by atoms with van der Waals surface area (Å²) in [6.45, 7) is 0.956. The number of aromatic carboxylic acids is 1. The summed E-state index contributed by atoms with van der Waals surface area (Å²) in [6, 6.07) is 2.29. The van der Waals surface area contributed by atoms with Gasteiger partial charge in [0.05, 0.1) is 12.1 Å². The van der Waals surface area contributed by atoms with Crippen LogP contribution in [-0.4, -0.2) is 46.4 Å². The van der Waals surface area contributed by atoms with Gasteiger partial charge in [-0.3, -0.25) is 9.78 Å². The third-order valence-electron chi connectivity index (χ3n) is 2.25. The van der Waals surface area contributed by atoms with Gasteiger partial charge < -0.3 is 10.0 Å². The van der Waals surface area contributed by atoms with Crippen LogP contribution >= 0.6 is 0 Å². The van der Waals surface area contributed by atoms with Crippen molar-refractivity contribution in [2.45, 2.75) is 13.3 Å². The van der Waals surface area contributed by atoms with Crippen LogP contribution in [0.4, 0.5) is 8.78 Å². The monoisotopic (exact) mass is 258 g/mol. The lowest BCUT2D eigenvalue weighted by Crippen LogP contribution is -2.35. The van der Waals surface area contributed by atoms with Gasteiger partial charge in [-0.2, -0.15) is 0 Å². The van der Waals surface area contributed by atoms with Gasteiger partial charge in [-0.1, -0.05) is 0 Å². The molecule has 0 aliphatic carbocycles. The Bertz CT molecular complexity index is 452. The van der Waals surface area contributed by atoms with Crippen LogP contribution in [0.5, 0.6) is 0 Å². The zero-order valence-electron chi connectivity index (χ0n) is 9.64. The van der Waals surface area contributed by atoms with Gasteiger partial charge in [0.25, 0.3) is 12.3 Å². The van der Waals surface area contributed by atoms with Crippen molar-refractivity contribution in [1.82, 2.24) is 9.88 Å². The minimum atomic E-state index is -2.64. The quantitative estimate of drug-likeness (QED) is 0.869. The summed E-state index contributed by atoms with van der Waals surface area (Å²) in [5, 5.41) is 8.76. The summed E-state index contributed by atoms with van der Waals surface area (Å²) < 4.78 is 24.5. The average Bonchev–Trinajstić information content (AvgIpc) is 2.35. The first-order valence-corrected chi connectivity index (χ1v) is 5.22. The molecule has 1 amide bonds. The highest BCUT2D eigenvalue weighted by atomic mass is 19.3. The van der Waals surface area contributed by atoms with E-state index >= 15 is 0 Å². The molecule has 1 aromatic rings. The zero-order valence-corrected chi connectivity index (χ0v) is 9.64. The number of carbonyl (C=O) groups excluding carboxylic acids is 1. The largest absolute Gasteiger partial charge is 0.478 e. The highest BCUT2D eigenvalue weighted by Gasteiger charge is 2.20. The van der Waals surface area contributed by atoms with E-state index in [1.165, 1.54) is 6.07 Å². The molecule has 1 rings (SSSR count). The minimum Gasteiger partial charge on any atom is -0.478 e. The van der Waals surface area contributed by atoms with Crippen LogP contribution in [0.15, 0.2) is 18.3 Å². The molecule has 0 aliphatic heterocycles. The molecule has 0 aromatic carbocycles. The van der Waals surface area contributed by atoms with E-state index in [2.05, 4.69) is 4.98 Å². The first kappa shape index (κ1) is 14.0. The zero-order chi connectivity index (χ0) is 13.7. The molecular formula is C11H12F2N2O3. The summed E-state index contributed by atoms with van der Waals surface area (Å²) in [6.07, 6.45) is -1.48. The van der Waals surface area contributed by atoms with Gasteiger partial charge in [-0.05, 0) is 19.1 Å². The summed E-state index contributed by atoms with van der Waals surface area (Å²) >= 11 is 0. The molecule has 0 radical (unpaired) electrons. The number of rotatable bonds is 5. The van der Waals surface area contributed by atoms with Crippen molar-refractivity contribution in [3.63, 3.8) is 0 Å². The Morgan fingerprint density at radius 3 is 2.67 bits per heavy atom. The highest BCUT2D eigenvalue weighted by Crippen LogP contribution is 2.07. The van der Waals surface area contributed by atoms with Crippen molar-refractivity contribution in [1.29, 1.82) is 0 Å². The number of hydrogen-bond acceptors (Lipinski definition) is 3. The molecule has 98 valence electrons. The number of amides is 1. The molecule has 0 saturated carbocycles. The second-order valence-electron chi connectivity index (χ2n) is 3.47. The fourth-order valence-electron chi connectivity index (χ4n) is 1.36.